The molecular weight excluding hydrogens is 427 g/mol. The van der Waals surface area contributed by atoms with Crippen LogP contribution in [-0.2, 0) is 30.1 Å². The maximum Gasteiger partial charge on any atom is 0.416 e. The number of halogens is 3. The van der Waals surface area contributed by atoms with E-state index in [1.807, 2.05) is 20.0 Å². The fraction of sp³-hybridized carbons (Fsp3) is 0.318. The molecule has 1 aliphatic rings. The van der Waals surface area contributed by atoms with E-state index < -0.39 is 22.7 Å². The molecule has 0 radical (unpaired) electrons. The molecule has 4 rings (SSSR count). The molecule has 0 amide bonds. The monoisotopic (exact) mass is 451 g/mol. The van der Waals surface area contributed by atoms with Gasteiger partial charge in [-0.1, -0.05) is 13.8 Å². The van der Waals surface area contributed by atoms with Gasteiger partial charge in [0.1, 0.15) is 28.3 Å². The highest BCUT2D eigenvalue weighted by Gasteiger charge is 2.30. The Hall–Kier alpha value is -2.65. The third-order valence-corrected chi connectivity index (χ3v) is 5.75. The number of nitrogens with one attached hydrogen (secondary N) is 1. The largest absolute Gasteiger partial charge is 0.457 e. The zero-order valence-corrected chi connectivity index (χ0v) is 18.3. The molecule has 9 heteroatoms. The van der Waals surface area contributed by atoms with E-state index in [2.05, 4.69) is 14.3 Å². The third kappa shape index (κ3) is 5.16. The summed E-state index contributed by atoms with van der Waals surface area (Å²) < 4.78 is 61.1. The Labute approximate surface area is 181 Å². The van der Waals surface area contributed by atoms with Gasteiger partial charge in [0.2, 0.25) is 0 Å². The van der Waals surface area contributed by atoms with E-state index in [0.717, 1.165) is 37.3 Å². The number of hydrogen-bond acceptors (Lipinski definition) is 3. The minimum atomic E-state index is -4.40. The highest BCUT2D eigenvalue weighted by atomic mass is 32.2. The molecule has 0 saturated carbocycles. The number of imidazole rings is 1. The van der Waals surface area contributed by atoms with E-state index in [1.54, 1.807) is 25.2 Å². The van der Waals surface area contributed by atoms with E-state index in [0.29, 0.717) is 21.9 Å². The zero-order valence-electron chi connectivity index (χ0n) is 17.5. The Morgan fingerprint density at radius 1 is 1.13 bits per heavy atom. The normalized spacial score (nSPS) is 13.9. The van der Waals surface area contributed by atoms with Crippen LogP contribution < -0.4 is 9.46 Å². The van der Waals surface area contributed by atoms with Crippen molar-refractivity contribution in [3.8, 4) is 22.8 Å². The standard InChI is InChI=1S/C20H18F3N3O2S.C2H6/c1-24-29(27)15-8-9-18(28-14-6-4-13(5-7-14)20(21,22)23)16(11-15)17-12-26-10-2-3-19(26)25-17;1-2/h4-9,11-12,24H,2-3,10H2,1H3;1-2H3. The van der Waals surface area contributed by atoms with Crippen molar-refractivity contribution in [3.05, 3.63) is 60.0 Å². The predicted molar refractivity (Wildman–Crippen MR) is 114 cm³/mol. The predicted octanol–water partition coefficient (Wildman–Crippen LogP) is 5.58. The van der Waals surface area contributed by atoms with E-state index in [4.69, 9.17) is 4.74 Å². The van der Waals surface area contributed by atoms with Crippen LogP contribution in [0.5, 0.6) is 11.5 Å². The average Bonchev–Trinajstić information content (AvgIpc) is 3.37. The van der Waals surface area contributed by atoms with Crippen molar-refractivity contribution >= 4 is 11.0 Å². The molecule has 1 N–H and O–H groups in total. The Balaban J connectivity index is 0.00000132. The molecule has 166 valence electrons. The number of fused-ring (bicyclic) bond motifs is 1. The van der Waals surface area contributed by atoms with E-state index in [9.17, 15) is 17.4 Å². The molecule has 0 spiro atoms. The molecule has 0 bridgehead atoms. The number of nitrogens with zero attached hydrogens (tertiary/aromatic N) is 2. The highest BCUT2D eigenvalue weighted by molar-refractivity contribution is 7.83. The summed E-state index contributed by atoms with van der Waals surface area (Å²) in [6.45, 7) is 4.89. The number of aryl methyl sites for hydroxylation is 2. The molecule has 1 aliphatic heterocycles. The van der Waals surface area contributed by atoms with E-state index >= 15 is 0 Å². The SMILES string of the molecule is CC.CNS(=O)c1ccc(Oc2ccc(C(F)(F)F)cc2)c(-c2cn3c(n2)CCC3)c1. The Morgan fingerprint density at radius 3 is 2.45 bits per heavy atom. The third-order valence-electron chi connectivity index (χ3n) is 4.69. The highest BCUT2D eigenvalue weighted by Crippen LogP contribution is 2.36. The van der Waals surface area contributed by atoms with Gasteiger partial charge in [0.25, 0.3) is 0 Å². The minimum absolute atomic E-state index is 0.272. The smallest absolute Gasteiger partial charge is 0.416 e. The Bertz CT molecular complexity index is 1040. The number of benzene rings is 2. The average molecular weight is 452 g/mol. The van der Waals surface area contributed by atoms with E-state index in [1.165, 1.54) is 12.1 Å². The maximum atomic E-state index is 12.8. The second kappa shape index (κ2) is 9.65. The summed E-state index contributed by atoms with van der Waals surface area (Å²) in [6.07, 6.45) is -0.554. The van der Waals surface area contributed by atoms with Crippen LogP contribution in [0.25, 0.3) is 11.3 Å². The second-order valence-corrected chi connectivity index (χ2v) is 8.01. The van der Waals surface area contributed by atoms with Gasteiger partial charge in [-0.25, -0.2) is 13.9 Å². The van der Waals surface area contributed by atoms with Crippen LogP contribution in [0.2, 0.25) is 0 Å². The fourth-order valence-corrected chi connectivity index (χ4v) is 3.91. The lowest BCUT2D eigenvalue weighted by Gasteiger charge is -2.13. The van der Waals surface area contributed by atoms with Gasteiger partial charge in [-0.15, -0.1) is 0 Å². The van der Waals surface area contributed by atoms with Crippen LogP contribution >= 0.6 is 0 Å². The summed E-state index contributed by atoms with van der Waals surface area (Å²) in [5.41, 5.74) is 0.569. The molecule has 2 aromatic carbocycles. The molecule has 0 aliphatic carbocycles. The molecule has 0 fully saturated rings. The van der Waals surface area contributed by atoms with Crippen LogP contribution in [-0.4, -0.2) is 20.8 Å². The molecule has 0 saturated heterocycles. The summed E-state index contributed by atoms with van der Waals surface area (Å²) in [6, 6.07) is 9.54. The van der Waals surface area contributed by atoms with Crippen LogP contribution in [0, 0.1) is 0 Å². The fourth-order valence-electron chi connectivity index (χ4n) is 3.26. The molecular formula is C22H24F3N3O2S. The molecule has 5 nitrogen and oxygen atoms in total. The summed E-state index contributed by atoms with van der Waals surface area (Å²) in [5.74, 6) is 1.67. The minimum Gasteiger partial charge on any atom is -0.457 e. The van der Waals surface area contributed by atoms with Crippen LogP contribution in [0.3, 0.4) is 0 Å². The molecule has 1 aromatic heterocycles. The Morgan fingerprint density at radius 2 is 1.84 bits per heavy atom. The number of aromatic nitrogens is 2. The topological polar surface area (TPSA) is 56.1 Å². The summed E-state index contributed by atoms with van der Waals surface area (Å²) in [7, 11) is 0.197. The van der Waals surface area contributed by atoms with Gasteiger partial charge < -0.3 is 9.30 Å². The first-order valence-electron chi connectivity index (χ1n) is 10.00. The van der Waals surface area contributed by atoms with Crippen molar-refractivity contribution in [2.75, 3.05) is 7.05 Å². The molecule has 2 heterocycles. The number of rotatable bonds is 5. The zero-order chi connectivity index (χ0) is 22.6. The Kier molecular flexibility index (Phi) is 7.17. The van der Waals surface area contributed by atoms with Crippen molar-refractivity contribution < 1.29 is 22.1 Å². The molecule has 3 aromatic rings. The van der Waals surface area contributed by atoms with Gasteiger partial charge in [0, 0.05) is 24.7 Å². The van der Waals surface area contributed by atoms with Gasteiger partial charge in [0.15, 0.2) is 0 Å². The first-order chi connectivity index (χ1) is 14.8. The van der Waals surface area contributed by atoms with E-state index in [-0.39, 0.29) is 5.75 Å². The summed E-state index contributed by atoms with van der Waals surface area (Å²) >= 11 is 0. The summed E-state index contributed by atoms with van der Waals surface area (Å²) in [5, 5.41) is 0. The maximum absolute atomic E-state index is 12.8. The van der Waals surface area contributed by atoms with Crippen molar-refractivity contribution in [1.82, 2.24) is 14.3 Å². The van der Waals surface area contributed by atoms with Crippen LogP contribution in [0.4, 0.5) is 13.2 Å². The van der Waals surface area contributed by atoms with Crippen LogP contribution in [0.1, 0.15) is 31.7 Å². The molecule has 31 heavy (non-hydrogen) atoms. The number of ether oxygens (including phenoxy) is 1. The first kappa shape index (κ1) is 23.0. The van der Waals surface area contributed by atoms with Gasteiger partial charge in [-0.05, 0) is 55.9 Å². The number of hydrogen-bond donors (Lipinski definition) is 1. The van der Waals surface area contributed by atoms with Crippen molar-refractivity contribution in [1.29, 1.82) is 0 Å². The van der Waals surface area contributed by atoms with Gasteiger partial charge in [-0.3, -0.25) is 0 Å². The molecule has 1 atom stereocenters. The number of alkyl halides is 3. The van der Waals surface area contributed by atoms with Crippen molar-refractivity contribution in [2.24, 2.45) is 0 Å². The lowest BCUT2D eigenvalue weighted by atomic mass is 10.1. The summed E-state index contributed by atoms with van der Waals surface area (Å²) in [4.78, 5) is 5.20. The van der Waals surface area contributed by atoms with Crippen LogP contribution in [0.15, 0.2) is 53.6 Å². The van der Waals surface area contributed by atoms with Gasteiger partial charge in [-0.2, -0.15) is 13.2 Å². The van der Waals surface area contributed by atoms with Crippen molar-refractivity contribution in [2.45, 2.75) is 44.3 Å². The first-order valence-corrected chi connectivity index (χ1v) is 11.1. The lowest BCUT2D eigenvalue weighted by molar-refractivity contribution is -0.137. The second-order valence-electron chi connectivity index (χ2n) is 6.59. The van der Waals surface area contributed by atoms with Gasteiger partial charge >= 0.3 is 6.18 Å². The quantitative estimate of drug-likeness (QED) is 0.551. The lowest BCUT2D eigenvalue weighted by Crippen LogP contribution is -2.10. The molecule has 1 unspecified atom stereocenters. The van der Waals surface area contributed by atoms with Gasteiger partial charge in [0.05, 0.1) is 16.2 Å². The van der Waals surface area contributed by atoms with Crippen molar-refractivity contribution in [3.63, 3.8) is 0 Å².